The van der Waals surface area contributed by atoms with Crippen LogP contribution in [0.15, 0.2) is 60.7 Å². The van der Waals surface area contributed by atoms with E-state index >= 15 is 0 Å². The van der Waals surface area contributed by atoms with Crippen LogP contribution in [0.25, 0.3) is 0 Å². The summed E-state index contributed by atoms with van der Waals surface area (Å²) in [7, 11) is 0.644. The molecule has 0 aliphatic carbocycles. The van der Waals surface area contributed by atoms with Gasteiger partial charge in [-0.05, 0) is 73.2 Å². The lowest BCUT2D eigenvalue weighted by Gasteiger charge is -2.36. The maximum Gasteiger partial charge on any atom is 0.126 e. The zero-order chi connectivity index (χ0) is 26.5. The third kappa shape index (κ3) is 6.33. The minimum Gasteiger partial charge on any atom is -0.488 e. The van der Waals surface area contributed by atoms with Gasteiger partial charge < -0.3 is 9.64 Å². The predicted molar refractivity (Wildman–Crippen MR) is 161 cm³/mol. The first-order chi connectivity index (χ1) is 17.0. The Kier molecular flexibility index (Phi) is 9.28. The summed E-state index contributed by atoms with van der Waals surface area (Å²) in [4.78, 5) is 2.50. The zero-order valence-electron chi connectivity index (χ0n) is 24.0. The number of nitrogens with zero attached hydrogens (tertiary/aromatic N) is 1. The van der Waals surface area contributed by atoms with Crippen LogP contribution < -0.4 is 14.9 Å². The van der Waals surface area contributed by atoms with Crippen molar-refractivity contribution in [2.24, 2.45) is 0 Å². The van der Waals surface area contributed by atoms with Crippen molar-refractivity contribution >= 4 is 19.6 Å². The van der Waals surface area contributed by atoms with Gasteiger partial charge in [0.05, 0.1) is 0 Å². The molecule has 0 bridgehead atoms. The van der Waals surface area contributed by atoms with Gasteiger partial charge in [0.1, 0.15) is 12.4 Å². The van der Waals surface area contributed by atoms with Crippen LogP contribution in [0, 0.1) is 13.8 Å². The van der Waals surface area contributed by atoms with Gasteiger partial charge in [0.15, 0.2) is 0 Å². The number of hydrogen-bond donors (Lipinski definition) is 0. The molecule has 0 N–H and O–H groups in total. The first-order valence-corrected chi connectivity index (χ1v) is 14.5. The number of aryl methyl sites for hydroxylation is 2. The van der Waals surface area contributed by atoms with Gasteiger partial charge in [0.2, 0.25) is 0 Å². The van der Waals surface area contributed by atoms with E-state index in [1.54, 1.807) is 0 Å². The van der Waals surface area contributed by atoms with E-state index in [0.29, 0.717) is 15.2 Å². The van der Waals surface area contributed by atoms with E-state index in [1.807, 2.05) is 0 Å². The van der Waals surface area contributed by atoms with Gasteiger partial charge in [-0.15, -0.1) is 0 Å². The summed E-state index contributed by atoms with van der Waals surface area (Å²) in [5.74, 6) is 1.06. The van der Waals surface area contributed by atoms with Crippen LogP contribution >= 0.6 is 8.58 Å². The van der Waals surface area contributed by atoms with Gasteiger partial charge in [-0.1, -0.05) is 97.8 Å². The van der Waals surface area contributed by atoms with Crippen molar-refractivity contribution in [3.63, 3.8) is 0 Å². The molecule has 2 unspecified atom stereocenters. The van der Waals surface area contributed by atoms with Gasteiger partial charge in [0, 0.05) is 29.5 Å². The smallest absolute Gasteiger partial charge is 0.126 e. The van der Waals surface area contributed by atoms with Gasteiger partial charge in [-0.25, -0.2) is 0 Å². The number of ether oxygens (including phenoxy) is 1. The molecule has 3 rings (SSSR count). The first kappa shape index (κ1) is 28.3. The lowest BCUT2D eigenvalue weighted by Crippen LogP contribution is -2.29. The Morgan fingerprint density at radius 1 is 0.806 bits per heavy atom. The van der Waals surface area contributed by atoms with Crippen LogP contribution in [-0.2, 0) is 17.2 Å². The summed E-state index contributed by atoms with van der Waals surface area (Å²) < 4.78 is 6.65. The fourth-order valence-corrected chi connectivity index (χ4v) is 6.50. The number of anilines is 1. The molecule has 194 valence electrons. The van der Waals surface area contributed by atoms with Gasteiger partial charge in [-0.2, -0.15) is 0 Å². The minimum absolute atomic E-state index is 0.0357. The maximum atomic E-state index is 6.65. The van der Waals surface area contributed by atoms with Crippen LogP contribution in [0.4, 0.5) is 5.69 Å². The molecule has 0 spiro atoms. The molecule has 0 amide bonds. The normalized spacial score (nSPS) is 13.7. The van der Waals surface area contributed by atoms with Gasteiger partial charge >= 0.3 is 0 Å². The highest BCUT2D eigenvalue weighted by atomic mass is 31.1. The van der Waals surface area contributed by atoms with E-state index in [0.717, 1.165) is 25.3 Å². The van der Waals surface area contributed by atoms with Crippen LogP contribution in [0.5, 0.6) is 5.75 Å². The lowest BCUT2D eigenvalue weighted by atomic mass is 9.82. The Labute approximate surface area is 222 Å². The Morgan fingerprint density at radius 3 is 2.06 bits per heavy atom. The second-order valence-corrected chi connectivity index (χ2v) is 13.0. The quantitative estimate of drug-likeness (QED) is 0.257. The molecular weight excluding hydrogens is 457 g/mol. The van der Waals surface area contributed by atoms with Gasteiger partial charge in [-0.3, -0.25) is 0 Å². The summed E-state index contributed by atoms with van der Waals surface area (Å²) in [6, 6.07) is 22.1. The highest BCUT2D eigenvalue weighted by Gasteiger charge is 2.33. The molecular formula is C33H46NOP. The summed E-state index contributed by atoms with van der Waals surface area (Å²) in [5.41, 5.74) is 7.99. The second kappa shape index (κ2) is 11.8. The largest absolute Gasteiger partial charge is 0.488 e. The monoisotopic (exact) mass is 503 g/mol. The minimum atomic E-state index is -0.0357. The van der Waals surface area contributed by atoms with Crippen molar-refractivity contribution in [3.8, 4) is 5.75 Å². The summed E-state index contributed by atoms with van der Waals surface area (Å²) >= 11 is 0. The third-order valence-electron chi connectivity index (χ3n) is 7.42. The van der Waals surface area contributed by atoms with E-state index in [4.69, 9.17) is 4.74 Å². The Hall–Kier alpha value is -2.31. The Morgan fingerprint density at radius 2 is 1.47 bits per heavy atom. The third-order valence-corrected chi connectivity index (χ3v) is 9.50. The number of benzene rings is 3. The molecule has 0 saturated carbocycles. The number of rotatable bonds is 10. The van der Waals surface area contributed by atoms with E-state index < -0.39 is 0 Å². The molecule has 0 aliphatic rings. The summed E-state index contributed by atoms with van der Waals surface area (Å²) in [6.45, 7) is 23.3. The van der Waals surface area contributed by atoms with Crippen LogP contribution in [0.2, 0.25) is 0 Å². The average Bonchev–Trinajstić information content (AvgIpc) is 2.85. The van der Waals surface area contributed by atoms with Crippen molar-refractivity contribution in [2.75, 3.05) is 18.0 Å². The molecule has 36 heavy (non-hydrogen) atoms. The highest BCUT2D eigenvalue weighted by molar-refractivity contribution is 7.49. The molecule has 3 aromatic carbocycles. The second-order valence-electron chi connectivity index (χ2n) is 11.1. The van der Waals surface area contributed by atoms with E-state index in [9.17, 15) is 0 Å². The Bertz CT molecular complexity index is 1140. The first-order valence-electron chi connectivity index (χ1n) is 13.5. The maximum absolute atomic E-state index is 6.65. The van der Waals surface area contributed by atoms with Crippen LogP contribution in [-0.4, -0.2) is 13.1 Å². The lowest BCUT2D eigenvalue weighted by molar-refractivity contribution is 0.297. The standard InChI is InChI=1S/C33H46NOP/c1-10-33(9,36-31-24(4)17-16-20-29(31)34(11-2)12-3)28-22-27(32(6,7)8)21-25(5)30(28)35-23-26-18-14-13-15-19-26/h13-22,36H,10-12,23H2,1-9H3. The van der Waals surface area contributed by atoms with E-state index in [-0.39, 0.29) is 10.6 Å². The Balaban J connectivity index is 2.15. The van der Waals surface area contributed by atoms with E-state index in [1.165, 1.54) is 38.8 Å². The molecule has 0 radical (unpaired) electrons. The molecule has 3 aromatic rings. The molecule has 0 heterocycles. The molecule has 2 atom stereocenters. The zero-order valence-corrected chi connectivity index (χ0v) is 25.0. The van der Waals surface area contributed by atoms with Crippen LogP contribution in [0.3, 0.4) is 0 Å². The average molecular weight is 504 g/mol. The molecule has 0 saturated heterocycles. The molecule has 0 fully saturated rings. The van der Waals surface area contributed by atoms with Gasteiger partial charge in [0.25, 0.3) is 0 Å². The molecule has 0 aromatic heterocycles. The molecule has 3 heteroatoms. The fraction of sp³-hybridized carbons (Fsp3) is 0.455. The van der Waals surface area contributed by atoms with E-state index in [2.05, 4.69) is 128 Å². The van der Waals surface area contributed by atoms with Crippen molar-refractivity contribution in [3.05, 3.63) is 88.5 Å². The van der Waals surface area contributed by atoms with Crippen molar-refractivity contribution in [1.29, 1.82) is 0 Å². The number of hydrogen-bond acceptors (Lipinski definition) is 2. The molecule has 0 aliphatic heterocycles. The summed E-state index contributed by atoms with van der Waals surface area (Å²) in [5, 5.41) is 1.45. The highest BCUT2D eigenvalue weighted by Crippen LogP contribution is 2.50. The predicted octanol–water partition coefficient (Wildman–Crippen LogP) is 8.66. The van der Waals surface area contributed by atoms with Crippen molar-refractivity contribution in [2.45, 2.75) is 85.9 Å². The topological polar surface area (TPSA) is 12.5 Å². The SMILES string of the molecule is CCN(CC)c1cccc(C)c1PC(C)(CC)c1cc(C(C)(C)C)cc(C)c1OCc1ccccc1. The molecule has 2 nitrogen and oxygen atoms in total. The van der Waals surface area contributed by atoms with Crippen molar-refractivity contribution in [1.82, 2.24) is 0 Å². The van der Waals surface area contributed by atoms with Crippen molar-refractivity contribution < 1.29 is 4.74 Å². The summed E-state index contributed by atoms with van der Waals surface area (Å²) in [6.07, 6.45) is 1.05. The fourth-order valence-electron chi connectivity index (χ4n) is 4.80. The van der Waals surface area contributed by atoms with Crippen LogP contribution in [0.1, 0.15) is 82.7 Å².